The summed E-state index contributed by atoms with van der Waals surface area (Å²) in [5.41, 5.74) is 0.320. The third-order valence-corrected chi connectivity index (χ3v) is 1.53. The van der Waals surface area contributed by atoms with E-state index in [1.165, 1.54) is 31.3 Å². The molecule has 1 rings (SSSR count). The zero-order valence-corrected chi connectivity index (χ0v) is 6.93. The minimum absolute atomic E-state index is 0.0346. The molecule has 13 heavy (non-hydrogen) atoms. The highest BCUT2D eigenvalue weighted by Gasteiger charge is 2.07. The summed E-state index contributed by atoms with van der Waals surface area (Å²) in [6.07, 6.45) is 0. The maximum absolute atomic E-state index is 11.0. The summed E-state index contributed by atoms with van der Waals surface area (Å²) in [6.45, 7) is 0. The summed E-state index contributed by atoms with van der Waals surface area (Å²) in [5, 5.41) is 13.7. The molecule has 1 aromatic carbocycles. The average Bonchev–Trinajstić information content (AvgIpc) is 2.17. The second-order valence-corrected chi connectivity index (χ2v) is 2.33. The van der Waals surface area contributed by atoms with Gasteiger partial charge >= 0.3 is 0 Å². The number of benzene rings is 1. The zero-order valence-electron chi connectivity index (χ0n) is 6.93. The van der Waals surface area contributed by atoms with Gasteiger partial charge in [-0.25, -0.2) is 0 Å². The van der Waals surface area contributed by atoms with Crippen molar-refractivity contribution in [2.75, 3.05) is 7.05 Å². The van der Waals surface area contributed by atoms with E-state index in [2.05, 4.69) is 5.32 Å². The number of carbonyl (C=O) groups excluding carboxylic acids is 1. The molecule has 0 aliphatic rings. The molecule has 0 aromatic heterocycles. The Bertz CT molecular complexity index is 332. The lowest BCUT2D eigenvalue weighted by molar-refractivity contribution is -0.384. The second-order valence-electron chi connectivity index (χ2n) is 2.33. The lowest BCUT2D eigenvalue weighted by atomic mass is 10.2. The zero-order chi connectivity index (χ0) is 9.84. The number of hydrogen-bond acceptors (Lipinski definition) is 3. The molecule has 0 unspecified atom stereocenters. The van der Waals surface area contributed by atoms with E-state index >= 15 is 0 Å². The molecular formula is C8H7N2O3. The van der Waals surface area contributed by atoms with Crippen LogP contribution in [0, 0.1) is 10.1 Å². The Balaban J connectivity index is 2.93. The van der Waals surface area contributed by atoms with Crippen molar-refractivity contribution in [3.05, 3.63) is 39.9 Å². The normalized spacial score (nSPS) is 9.31. The number of rotatable bonds is 2. The first-order valence-corrected chi connectivity index (χ1v) is 3.54. The molecule has 0 saturated carbocycles. The summed E-state index contributed by atoms with van der Waals surface area (Å²) in [5.74, 6) is -0.380. The molecule has 0 aliphatic heterocycles. The first kappa shape index (κ1) is 9.18. The Morgan fingerprint density at radius 3 is 2.31 bits per heavy atom. The van der Waals surface area contributed by atoms with Crippen molar-refractivity contribution in [3.8, 4) is 0 Å². The van der Waals surface area contributed by atoms with Crippen molar-refractivity contribution < 1.29 is 9.72 Å². The van der Waals surface area contributed by atoms with Crippen molar-refractivity contribution in [2.45, 2.75) is 0 Å². The van der Waals surface area contributed by atoms with Crippen molar-refractivity contribution >= 4 is 11.6 Å². The average molecular weight is 179 g/mol. The van der Waals surface area contributed by atoms with Gasteiger partial charge in [-0.2, -0.15) is 0 Å². The lowest BCUT2D eigenvalue weighted by Crippen LogP contribution is -2.10. The highest BCUT2D eigenvalue weighted by atomic mass is 16.6. The molecule has 0 N–H and O–H groups in total. The van der Waals surface area contributed by atoms with Gasteiger partial charge in [0.2, 0.25) is 0 Å². The summed E-state index contributed by atoms with van der Waals surface area (Å²) in [4.78, 5) is 20.7. The molecule has 0 aliphatic carbocycles. The lowest BCUT2D eigenvalue weighted by Gasteiger charge is -1.95. The molecule has 67 valence electrons. The number of nitro groups is 1. The van der Waals surface area contributed by atoms with Gasteiger partial charge in [0, 0.05) is 24.7 Å². The van der Waals surface area contributed by atoms with Gasteiger partial charge in [-0.3, -0.25) is 20.2 Å². The molecule has 1 amide bonds. The Hall–Kier alpha value is -1.91. The summed E-state index contributed by atoms with van der Waals surface area (Å²) in [6, 6.07) is 5.32. The van der Waals surface area contributed by atoms with Crippen molar-refractivity contribution in [2.24, 2.45) is 0 Å². The molecule has 0 spiro atoms. The van der Waals surface area contributed by atoms with Crippen LogP contribution < -0.4 is 5.32 Å². The number of hydrogen-bond donors (Lipinski definition) is 0. The van der Waals surface area contributed by atoms with Crippen molar-refractivity contribution in [1.82, 2.24) is 5.32 Å². The van der Waals surface area contributed by atoms with Crippen molar-refractivity contribution in [3.63, 3.8) is 0 Å². The monoisotopic (exact) mass is 179 g/mol. The molecule has 0 heterocycles. The van der Waals surface area contributed by atoms with Gasteiger partial charge in [-0.15, -0.1) is 0 Å². The number of carbonyl (C=O) groups is 1. The largest absolute Gasteiger partial charge is 0.272 e. The first-order chi connectivity index (χ1) is 6.15. The highest BCUT2D eigenvalue weighted by Crippen LogP contribution is 2.11. The van der Waals surface area contributed by atoms with Crippen LogP contribution in [-0.2, 0) is 0 Å². The summed E-state index contributed by atoms with van der Waals surface area (Å²) in [7, 11) is 1.38. The van der Waals surface area contributed by atoms with Gasteiger partial charge in [0.25, 0.3) is 11.6 Å². The second kappa shape index (κ2) is 3.66. The molecule has 1 radical (unpaired) electrons. The maximum atomic E-state index is 11.0. The fourth-order valence-electron chi connectivity index (χ4n) is 0.855. The standard InChI is InChI=1S/C8H7N2O3/c1-9-8(11)6-2-4-7(5-3-6)10(12)13/h2-5H,1H3. The molecule has 1 aromatic rings. The number of nitrogens with zero attached hydrogens (tertiary/aromatic N) is 2. The molecule has 0 saturated heterocycles. The van der Waals surface area contributed by atoms with E-state index in [9.17, 15) is 14.9 Å². The van der Waals surface area contributed by atoms with E-state index in [1.54, 1.807) is 0 Å². The van der Waals surface area contributed by atoms with Gasteiger partial charge in [0.05, 0.1) is 4.92 Å². The summed E-state index contributed by atoms with van der Waals surface area (Å²) < 4.78 is 0. The van der Waals surface area contributed by atoms with Crippen LogP contribution in [0.4, 0.5) is 5.69 Å². The van der Waals surface area contributed by atoms with Crippen LogP contribution in [0.5, 0.6) is 0 Å². The van der Waals surface area contributed by atoms with Crippen molar-refractivity contribution in [1.29, 1.82) is 0 Å². The van der Waals surface area contributed by atoms with Crippen LogP contribution in [0.3, 0.4) is 0 Å². The van der Waals surface area contributed by atoms with Gasteiger partial charge in [-0.1, -0.05) is 0 Å². The third-order valence-electron chi connectivity index (χ3n) is 1.53. The molecule has 5 heteroatoms. The van der Waals surface area contributed by atoms with Gasteiger partial charge < -0.3 is 0 Å². The van der Waals surface area contributed by atoms with Crippen LogP contribution in [0.2, 0.25) is 0 Å². The van der Waals surface area contributed by atoms with E-state index in [0.29, 0.717) is 5.56 Å². The Kier molecular flexibility index (Phi) is 2.59. The minimum atomic E-state index is -0.517. The number of nitro benzene ring substituents is 1. The van der Waals surface area contributed by atoms with E-state index in [1.807, 2.05) is 0 Å². The maximum Gasteiger partial charge on any atom is 0.272 e. The molecule has 0 fully saturated rings. The minimum Gasteiger partial charge on any atom is -0.267 e. The Labute approximate surface area is 74.5 Å². The predicted octanol–water partition coefficient (Wildman–Crippen LogP) is 0.969. The van der Waals surface area contributed by atoms with Gasteiger partial charge in [0.15, 0.2) is 0 Å². The predicted molar refractivity (Wildman–Crippen MR) is 45.5 cm³/mol. The Morgan fingerprint density at radius 2 is 1.92 bits per heavy atom. The number of amides is 1. The van der Waals surface area contributed by atoms with Crippen LogP contribution in [0.1, 0.15) is 10.4 Å². The van der Waals surface area contributed by atoms with E-state index < -0.39 is 4.92 Å². The van der Waals surface area contributed by atoms with Crippen LogP contribution >= 0.6 is 0 Å². The smallest absolute Gasteiger partial charge is 0.267 e. The topological polar surface area (TPSA) is 74.3 Å². The Morgan fingerprint density at radius 1 is 1.38 bits per heavy atom. The first-order valence-electron chi connectivity index (χ1n) is 3.54. The van der Waals surface area contributed by atoms with Gasteiger partial charge in [-0.05, 0) is 12.1 Å². The molecule has 0 bridgehead atoms. The van der Waals surface area contributed by atoms with E-state index in [4.69, 9.17) is 0 Å². The molecule has 0 atom stereocenters. The summed E-state index contributed by atoms with van der Waals surface area (Å²) >= 11 is 0. The highest BCUT2D eigenvalue weighted by molar-refractivity contribution is 5.93. The van der Waals surface area contributed by atoms with Crippen LogP contribution in [0.25, 0.3) is 0 Å². The number of non-ortho nitro benzene ring substituents is 1. The fourth-order valence-corrected chi connectivity index (χ4v) is 0.855. The van der Waals surface area contributed by atoms with Crippen LogP contribution in [-0.4, -0.2) is 17.9 Å². The fraction of sp³-hybridized carbons (Fsp3) is 0.125. The third kappa shape index (κ3) is 2.02. The van der Waals surface area contributed by atoms with E-state index in [0.717, 1.165) is 0 Å². The quantitative estimate of drug-likeness (QED) is 0.501. The molecule has 5 nitrogen and oxygen atoms in total. The van der Waals surface area contributed by atoms with E-state index in [-0.39, 0.29) is 11.6 Å². The van der Waals surface area contributed by atoms with Gasteiger partial charge in [0.1, 0.15) is 0 Å². The molecular weight excluding hydrogens is 172 g/mol. The van der Waals surface area contributed by atoms with Crippen LogP contribution in [0.15, 0.2) is 24.3 Å². The SMILES string of the molecule is C[N]C(=O)c1ccc([N+](=O)[O-])cc1.